The van der Waals surface area contributed by atoms with E-state index in [2.05, 4.69) is 24.0 Å². The van der Waals surface area contributed by atoms with Crippen molar-refractivity contribution in [2.75, 3.05) is 19.0 Å². The summed E-state index contributed by atoms with van der Waals surface area (Å²) in [6, 6.07) is 10.3. The maximum absolute atomic E-state index is 12.6. The first-order valence-corrected chi connectivity index (χ1v) is 10.8. The van der Waals surface area contributed by atoms with Crippen LogP contribution in [0.1, 0.15) is 33.1 Å². The van der Waals surface area contributed by atoms with E-state index in [0.29, 0.717) is 31.1 Å². The number of fused-ring (bicyclic) bond motifs is 1. The minimum atomic E-state index is 0.183. The zero-order chi connectivity index (χ0) is 19.5. The molecular weight excluding hydrogens is 374 g/mol. The van der Waals surface area contributed by atoms with Crippen molar-refractivity contribution in [3.05, 3.63) is 30.3 Å². The number of likely N-dealkylation sites (tertiary alicyclic amines) is 1. The summed E-state index contributed by atoms with van der Waals surface area (Å²) in [4.78, 5) is 14.7. The average molecular weight is 400 g/mol. The molecule has 2 aliphatic heterocycles. The Bertz CT molecular complexity index is 833. The number of rotatable bonds is 4. The number of hydrogen-bond acceptors (Lipinski definition) is 6. The SMILES string of the molecule is CC1CCCC(C)N1C(=O)CSc1ccc(-c2ccc3c(c2)OCCO3)nn1. The van der Waals surface area contributed by atoms with Crippen molar-refractivity contribution >= 4 is 17.7 Å². The molecule has 1 aromatic carbocycles. The molecule has 0 saturated carbocycles. The predicted molar refractivity (Wildman–Crippen MR) is 109 cm³/mol. The van der Waals surface area contributed by atoms with Gasteiger partial charge in [0.2, 0.25) is 5.91 Å². The number of nitrogens with zero attached hydrogens (tertiary/aromatic N) is 3. The van der Waals surface area contributed by atoms with E-state index >= 15 is 0 Å². The van der Waals surface area contributed by atoms with Crippen LogP contribution in [0.5, 0.6) is 11.5 Å². The third kappa shape index (κ3) is 4.09. The predicted octanol–water partition coefficient (Wildman–Crippen LogP) is 3.80. The Morgan fingerprint density at radius 3 is 2.54 bits per heavy atom. The van der Waals surface area contributed by atoms with E-state index in [-0.39, 0.29) is 5.91 Å². The number of ether oxygens (including phenoxy) is 2. The standard InChI is InChI=1S/C21H25N3O3S/c1-14-4-3-5-15(2)24(14)21(25)13-28-20-9-7-17(22-23-20)16-6-8-18-19(12-16)27-11-10-26-18/h6-9,12,14-15H,3-5,10-11,13H2,1-2H3. The van der Waals surface area contributed by atoms with Crippen LogP contribution < -0.4 is 9.47 Å². The molecule has 1 fully saturated rings. The molecule has 28 heavy (non-hydrogen) atoms. The smallest absolute Gasteiger partial charge is 0.233 e. The first-order valence-electron chi connectivity index (χ1n) is 9.79. The van der Waals surface area contributed by atoms with Gasteiger partial charge in [0.25, 0.3) is 0 Å². The van der Waals surface area contributed by atoms with Crippen molar-refractivity contribution < 1.29 is 14.3 Å². The van der Waals surface area contributed by atoms with Gasteiger partial charge >= 0.3 is 0 Å². The molecule has 1 saturated heterocycles. The summed E-state index contributed by atoms with van der Waals surface area (Å²) >= 11 is 1.44. The molecule has 2 aliphatic rings. The van der Waals surface area contributed by atoms with E-state index in [9.17, 15) is 4.79 Å². The van der Waals surface area contributed by atoms with Gasteiger partial charge in [0.15, 0.2) is 11.5 Å². The summed E-state index contributed by atoms with van der Waals surface area (Å²) in [6.45, 7) is 5.41. The molecule has 1 aromatic heterocycles. The lowest BCUT2D eigenvalue weighted by Crippen LogP contribution is -2.48. The maximum atomic E-state index is 12.6. The first kappa shape index (κ1) is 19.1. The highest BCUT2D eigenvalue weighted by Crippen LogP contribution is 2.34. The summed E-state index contributed by atoms with van der Waals surface area (Å²) in [7, 11) is 0. The summed E-state index contributed by atoms with van der Waals surface area (Å²) < 4.78 is 11.2. The Balaban J connectivity index is 1.39. The van der Waals surface area contributed by atoms with E-state index in [1.165, 1.54) is 18.2 Å². The van der Waals surface area contributed by atoms with Crippen molar-refractivity contribution in [2.24, 2.45) is 0 Å². The minimum absolute atomic E-state index is 0.183. The van der Waals surface area contributed by atoms with Crippen LogP contribution in [0.2, 0.25) is 0 Å². The number of aromatic nitrogens is 2. The topological polar surface area (TPSA) is 64.6 Å². The molecule has 0 N–H and O–H groups in total. The fourth-order valence-corrected chi connectivity index (χ4v) is 4.56. The quantitative estimate of drug-likeness (QED) is 0.729. The average Bonchev–Trinajstić information content (AvgIpc) is 2.72. The molecule has 7 heteroatoms. The molecule has 4 rings (SSSR count). The van der Waals surface area contributed by atoms with E-state index in [1.54, 1.807) is 0 Å². The van der Waals surface area contributed by atoms with Crippen LogP contribution in [-0.4, -0.2) is 52.1 Å². The molecule has 0 bridgehead atoms. The van der Waals surface area contributed by atoms with Gasteiger partial charge in [-0.3, -0.25) is 4.79 Å². The first-order chi connectivity index (χ1) is 13.6. The fraction of sp³-hybridized carbons (Fsp3) is 0.476. The van der Waals surface area contributed by atoms with Crippen LogP contribution in [0.3, 0.4) is 0 Å². The number of carbonyl (C=O) groups is 1. The highest BCUT2D eigenvalue weighted by Gasteiger charge is 2.28. The lowest BCUT2D eigenvalue weighted by molar-refractivity contribution is -0.134. The molecule has 0 radical (unpaired) electrons. The second-order valence-corrected chi connectivity index (χ2v) is 8.33. The molecule has 3 heterocycles. The number of amides is 1. The van der Waals surface area contributed by atoms with Crippen LogP contribution in [0.25, 0.3) is 11.3 Å². The fourth-order valence-electron chi connectivity index (χ4n) is 3.88. The molecule has 6 nitrogen and oxygen atoms in total. The van der Waals surface area contributed by atoms with Crippen molar-refractivity contribution in [1.82, 2.24) is 15.1 Å². The molecule has 0 aliphatic carbocycles. The van der Waals surface area contributed by atoms with Crippen LogP contribution in [0.4, 0.5) is 0 Å². The van der Waals surface area contributed by atoms with Crippen molar-refractivity contribution in [2.45, 2.75) is 50.2 Å². The van der Waals surface area contributed by atoms with Crippen molar-refractivity contribution in [3.63, 3.8) is 0 Å². The summed E-state index contributed by atoms with van der Waals surface area (Å²) in [5.41, 5.74) is 1.70. The van der Waals surface area contributed by atoms with E-state index in [0.717, 1.165) is 40.6 Å². The Kier molecular flexibility index (Phi) is 5.71. The summed E-state index contributed by atoms with van der Waals surface area (Å²) in [5, 5.41) is 9.37. The lowest BCUT2D eigenvalue weighted by atomic mass is 9.98. The molecule has 148 valence electrons. The number of piperidine rings is 1. The van der Waals surface area contributed by atoms with Gasteiger partial charge in [-0.2, -0.15) is 0 Å². The highest BCUT2D eigenvalue weighted by molar-refractivity contribution is 7.99. The molecule has 0 spiro atoms. The molecular formula is C21H25N3O3S. The Labute approximate surface area is 169 Å². The molecule has 2 atom stereocenters. The van der Waals surface area contributed by atoms with Crippen LogP contribution in [0.15, 0.2) is 35.4 Å². The van der Waals surface area contributed by atoms with E-state index in [1.807, 2.05) is 35.2 Å². The van der Waals surface area contributed by atoms with E-state index in [4.69, 9.17) is 9.47 Å². The van der Waals surface area contributed by atoms with Crippen LogP contribution in [-0.2, 0) is 4.79 Å². The molecule has 2 unspecified atom stereocenters. The maximum Gasteiger partial charge on any atom is 0.233 e. The van der Waals surface area contributed by atoms with Gasteiger partial charge in [-0.1, -0.05) is 11.8 Å². The molecule has 2 aromatic rings. The monoisotopic (exact) mass is 399 g/mol. The van der Waals surface area contributed by atoms with Gasteiger partial charge in [-0.05, 0) is 63.4 Å². The molecule has 1 amide bonds. The van der Waals surface area contributed by atoms with Crippen LogP contribution in [0, 0.1) is 0 Å². The normalized spacial score (nSPS) is 21.4. The third-order valence-electron chi connectivity index (χ3n) is 5.30. The van der Waals surface area contributed by atoms with Crippen molar-refractivity contribution in [3.8, 4) is 22.8 Å². The lowest BCUT2D eigenvalue weighted by Gasteiger charge is -2.39. The second-order valence-electron chi connectivity index (χ2n) is 7.33. The summed E-state index contributed by atoms with van der Waals surface area (Å²) in [5.74, 6) is 2.07. The highest BCUT2D eigenvalue weighted by atomic mass is 32.2. The summed E-state index contributed by atoms with van der Waals surface area (Å²) in [6.07, 6.45) is 3.38. The van der Waals surface area contributed by atoms with Gasteiger partial charge in [0.1, 0.15) is 18.2 Å². The van der Waals surface area contributed by atoms with E-state index < -0.39 is 0 Å². The van der Waals surface area contributed by atoms with Crippen LogP contribution >= 0.6 is 11.8 Å². The number of thioether (sulfide) groups is 1. The van der Waals surface area contributed by atoms with Gasteiger partial charge in [-0.15, -0.1) is 10.2 Å². The Hall–Kier alpha value is -2.28. The zero-order valence-corrected chi connectivity index (χ0v) is 17.1. The Morgan fingerprint density at radius 2 is 1.82 bits per heavy atom. The van der Waals surface area contributed by atoms with Gasteiger partial charge in [-0.25, -0.2) is 0 Å². The van der Waals surface area contributed by atoms with Gasteiger partial charge < -0.3 is 14.4 Å². The van der Waals surface area contributed by atoms with Gasteiger partial charge in [0, 0.05) is 17.6 Å². The number of carbonyl (C=O) groups excluding carboxylic acids is 1. The number of benzene rings is 1. The zero-order valence-electron chi connectivity index (χ0n) is 16.3. The Morgan fingerprint density at radius 1 is 1.07 bits per heavy atom. The van der Waals surface area contributed by atoms with Crippen molar-refractivity contribution in [1.29, 1.82) is 0 Å². The second kappa shape index (κ2) is 8.39. The minimum Gasteiger partial charge on any atom is -0.486 e. The third-order valence-corrected chi connectivity index (χ3v) is 6.21. The largest absolute Gasteiger partial charge is 0.486 e. The van der Waals surface area contributed by atoms with Gasteiger partial charge in [0.05, 0.1) is 11.4 Å². The number of hydrogen-bond donors (Lipinski definition) is 0.